The lowest BCUT2D eigenvalue weighted by Crippen LogP contribution is -2.05. The minimum atomic E-state index is -0.501. The van der Waals surface area contributed by atoms with Crippen LogP contribution in [0.2, 0.25) is 0 Å². The molecule has 1 aromatic heterocycles. The van der Waals surface area contributed by atoms with E-state index in [1.54, 1.807) is 43.5 Å². The van der Waals surface area contributed by atoms with Crippen molar-refractivity contribution < 1.29 is 18.7 Å². The normalized spacial score (nSPS) is 16.0. The van der Waals surface area contributed by atoms with Crippen LogP contribution in [0.3, 0.4) is 0 Å². The van der Waals surface area contributed by atoms with E-state index in [-0.39, 0.29) is 11.6 Å². The van der Waals surface area contributed by atoms with Gasteiger partial charge in [0.2, 0.25) is 5.90 Å². The van der Waals surface area contributed by atoms with E-state index < -0.39 is 5.97 Å². The van der Waals surface area contributed by atoms with Crippen LogP contribution < -0.4 is 4.74 Å². The molecule has 0 unspecified atom stereocenters. The third kappa shape index (κ3) is 2.99. The highest BCUT2D eigenvalue weighted by Gasteiger charge is 2.24. The Balaban J connectivity index is 1.93. The third-order valence-electron chi connectivity index (χ3n) is 2.81. The van der Waals surface area contributed by atoms with Crippen molar-refractivity contribution in [3.05, 3.63) is 57.2 Å². The summed E-state index contributed by atoms with van der Waals surface area (Å²) < 4.78 is 16.4. The Morgan fingerprint density at radius 3 is 2.86 bits per heavy atom. The molecule has 0 bridgehead atoms. The molecule has 0 radical (unpaired) electrons. The highest BCUT2D eigenvalue weighted by atomic mass is 127. The van der Waals surface area contributed by atoms with Crippen LogP contribution in [0.15, 0.2) is 51.5 Å². The van der Waals surface area contributed by atoms with Crippen LogP contribution in [0.1, 0.15) is 11.3 Å². The monoisotopic (exact) mass is 395 g/mol. The van der Waals surface area contributed by atoms with E-state index >= 15 is 0 Å². The van der Waals surface area contributed by atoms with Crippen LogP contribution in [0.5, 0.6) is 5.75 Å². The van der Waals surface area contributed by atoms with Gasteiger partial charge >= 0.3 is 5.97 Å². The second kappa shape index (κ2) is 5.72. The van der Waals surface area contributed by atoms with Gasteiger partial charge in [0.15, 0.2) is 9.46 Å². The summed E-state index contributed by atoms with van der Waals surface area (Å²) >= 11 is 2.05. The van der Waals surface area contributed by atoms with Gasteiger partial charge in [0.25, 0.3) is 0 Å². The van der Waals surface area contributed by atoms with Gasteiger partial charge in [-0.05, 0) is 52.9 Å². The van der Waals surface area contributed by atoms with E-state index in [0.29, 0.717) is 17.1 Å². The molecular weight excluding hydrogens is 385 g/mol. The molecule has 2 heterocycles. The summed E-state index contributed by atoms with van der Waals surface area (Å²) in [6.45, 7) is 0. The predicted octanol–water partition coefficient (Wildman–Crippen LogP) is 3.24. The largest absolute Gasteiger partial charge is 0.497 e. The van der Waals surface area contributed by atoms with Crippen LogP contribution in [0.4, 0.5) is 0 Å². The van der Waals surface area contributed by atoms with E-state index in [0.717, 1.165) is 3.77 Å². The van der Waals surface area contributed by atoms with Gasteiger partial charge in [-0.25, -0.2) is 9.79 Å². The fourth-order valence-corrected chi connectivity index (χ4v) is 2.26. The first kappa shape index (κ1) is 13.9. The minimum Gasteiger partial charge on any atom is -0.497 e. The molecule has 0 fully saturated rings. The molecule has 0 amide bonds. The Morgan fingerprint density at radius 1 is 1.29 bits per heavy atom. The number of ether oxygens (including phenoxy) is 2. The van der Waals surface area contributed by atoms with Crippen LogP contribution in [-0.2, 0) is 9.53 Å². The average molecular weight is 395 g/mol. The molecule has 0 atom stereocenters. The summed E-state index contributed by atoms with van der Waals surface area (Å²) in [7, 11) is 1.57. The summed E-state index contributed by atoms with van der Waals surface area (Å²) in [5.41, 5.74) is 0.888. The van der Waals surface area contributed by atoms with E-state index in [1.807, 2.05) is 6.07 Å². The third-order valence-corrected chi connectivity index (χ3v) is 3.39. The summed E-state index contributed by atoms with van der Waals surface area (Å²) in [6.07, 6.45) is 1.55. The lowest BCUT2D eigenvalue weighted by molar-refractivity contribution is -0.129. The van der Waals surface area contributed by atoms with E-state index in [2.05, 4.69) is 27.6 Å². The number of carbonyl (C=O) groups is 1. The molecule has 106 valence electrons. The molecule has 6 heteroatoms. The van der Waals surface area contributed by atoms with Crippen molar-refractivity contribution in [2.75, 3.05) is 7.11 Å². The maximum atomic E-state index is 11.8. The zero-order valence-corrected chi connectivity index (χ0v) is 13.2. The number of carbonyl (C=O) groups excluding carboxylic acids is 1. The summed E-state index contributed by atoms with van der Waals surface area (Å²) in [5, 5.41) is 0. The number of nitrogens with zero attached hydrogens (tertiary/aromatic N) is 1. The standard InChI is InChI=1S/C15H10INO4/c1-19-10-4-2-3-9(7-10)14-17-12(15(18)21-14)8-11-5-6-13(16)20-11/h2-8H,1H3/b12-8-. The number of esters is 1. The van der Waals surface area contributed by atoms with Gasteiger partial charge in [0.1, 0.15) is 11.5 Å². The van der Waals surface area contributed by atoms with Crippen LogP contribution >= 0.6 is 22.6 Å². The maximum absolute atomic E-state index is 11.8. The highest BCUT2D eigenvalue weighted by Crippen LogP contribution is 2.22. The molecular formula is C15H10INO4. The van der Waals surface area contributed by atoms with Gasteiger partial charge in [-0.2, -0.15) is 0 Å². The molecule has 0 aliphatic carbocycles. The number of furan rings is 1. The number of rotatable bonds is 3. The first-order valence-electron chi connectivity index (χ1n) is 6.08. The van der Waals surface area contributed by atoms with Crippen molar-refractivity contribution in [2.45, 2.75) is 0 Å². The Bertz CT molecular complexity index is 761. The lowest BCUT2D eigenvalue weighted by atomic mass is 10.2. The van der Waals surface area contributed by atoms with Gasteiger partial charge in [-0.3, -0.25) is 0 Å². The Morgan fingerprint density at radius 2 is 2.14 bits per heavy atom. The van der Waals surface area contributed by atoms with Crippen molar-refractivity contribution in [3.63, 3.8) is 0 Å². The average Bonchev–Trinajstić information content (AvgIpc) is 3.06. The maximum Gasteiger partial charge on any atom is 0.363 e. The van der Waals surface area contributed by atoms with Crippen LogP contribution in [0, 0.1) is 3.77 Å². The van der Waals surface area contributed by atoms with Crippen molar-refractivity contribution in [3.8, 4) is 5.75 Å². The molecule has 0 saturated heterocycles. The highest BCUT2D eigenvalue weighted by molar-refractivity contribution is 14.1. The number of benzene rings is 1. The van der Waals surface area contributed by atoms with E-state index in [1.165, 1.54) is 0 Å². The number of cyclic esters (lactones) is 1. The molecule has 3 rings (SSSR count). The molecule has 0 saturated carbocycles. The van der Waals surface area contributed by atoms with Gasteiger partial charge in [-0.15, -0.1) is 0 Å². The van der Waals surface area contributed by atoms with Gasteiger partial charge < -0.3 is 13.9 Å². The Hall–Kier alpha value is -2.09. The molecule has 0 spiro atoms. The Labute approximate surface area is 134 Å². The van der Waals surface area contributed by atoms with Crippen molar-refractivity contribution >= 4 is 40.5 Å². The Kier molecular flexibility index (Phi) is 3.78. The molecule has 0 N–H and O–H groups in total. The topological polar surface area (TPSA) is 61.0 Å². The number of halogens is 1. The number of hydrogen-bond acceptors (Lipinski definition) is 5. The summed E-state index contributed by atoms with van der Waals surface area (Å²) in [5.74, 6) is 0.983. The first-order valence-corrected chi connectivity index (χ1v) is 7.16. The molecule has 1 aromatic carbocycles. The zero-order chi connectivity index (χ0) is 14.8. The van der Waals surface area contributed by atoms with Crippen LogP contribution in [-0.4, -0.2) is 19.0 Å². The quantitative estimate of drug-likeness (QED) is 0.455. The van der Waals surface area contributed by atoms with Crippen molar-refractivity contribution in [2.24, 2.45) is 4.99 Å². The van der Waals surface area contributed by atoms with Crippen molar-refractivity contribution in [1.29, 1.82) is 0 Å². The second-order valence-electron chi connectivity index (χ2n) is 4.21. The van der Waals surface area contributed by atoms with Crippen LogP contribution in [0.25, 0.3) is 6.08 Å². The van der Waals surface area contributed by atoms with E-state index in [4.69, 9.17) is 13.9 Å². The SMILES string of the molecule is COc1cccc(C2=N/C(=C\c3ccc(I)o3)C(=O)O2)c1. The number of hydrogen-bond donors (Lipinski definition) is 0. The number of aliphatic imine (C=N–C) groups is 1. The van der Waals surface area contributed by atoms with Crippen molar-refractivity contribution in [1.82, 2.24) is 0 Å². The molecule has 1 aliphatic heterocycles. The summed E-state index contributed by atoms with van der Waals surface area (Å²) in [4.78, 5) is 16.1. The lowest BCUT2D eigenvalue weighted by Gasteiger charge is -2.02. The second-order valence-corrected chi connectivity index (χ2v) is 5.27. The molecule has 2 aromatic rings. The van der Waals surface area contributed by atoms with E-state index in [9.17, 15) is 4.79 Å². The van der Waals surface area contributed by atoms with Gasteiger partial charge in [0.05, 0.1) is 7.11 Å². The zero-order valence-electron chi connectivity index (χ0n) is 11.0. The van der Waals surface area contributed by atoms with Gasteiger partial charge in [0, 0.05) is 11.6 Å². The minimum absolute atomic E-state index is 0.207. The fraction of sp³-hybridized carbons (Fsp3) is 0.0667. The smallest absolute Gasteiger partial charge is 0.363 e. The molecule has 5 nitrogen and oxygen atoms in total. The molecule has 21 heavy (non-hydrogen) atoms. The number of methoxy groups -OCH3 is 1. The van der Waals surface area contributed by atoms with Gasteiger partial charge in [-0.1, -0.05) is 6.07 Å². The summed E-state index contributed by atoms with van der Waals surface area (Å²) in [6, 6.07) is 10.7. The first-order chi connectivity index (χ1) is 10.2. The predicted molar refractivity (Wildman–Crippen MR) is 85.0 cm³/mol. The fourth-order valence-electron chi connectivity index (χ4n) is 1.83. The molecule has 1 aliphatic rings.